The van der Waals surface area contributed by atoms with Crippen molar-refractivity contribution >= 4 is 50.5 Å². The highest BCUT2D eigenvalue weighted by Crippen LogP contribution is 2.27. The number of anilines is 2. The number of aromatic nitrogens is 1. The number of carbonyl (C=O) groups excluding carboxylic acids is 2. The second-order valence-electron chi connectivity index (χ2n) is 5.70. The van der Waals surface area contributed by atoms with Crippen LogP contribution in [0.2, 0.25) is 0 Å². The molecule has 0 bridgehead atoms. The molecule has 0 radical (unpaired) electrons. The van der Waals surface area contributed by atoms with Crippen molar-refractivity contribution in [3.05, 3.63) is 63.6 Å². The minimum Gasteiger partial charge on any atom is -0.325 e. The Morgan fingerprint density at radius 1 is 1.04 bits per heavy atom. The highest BCUT2D eigenvalue weighted by atomic mass is 79.9. The van der Waals surface area contributed by atoms with E-state index in [0.29, 0.717) is 16.9 Å². The number of rotatable bonds is 4. The maximum absolute atomic E-state index is 12.6. The van der Waals surface area contributed by atoms with Crippen LogP contribution in [0.25, 0.3) is 10.6 Å². The molecule has 7 heteroatoms. The molecule has 132 valence electrons. The van der Waals surface area contributed by atoms with E-state index in [0.717, 1.165) is 20.7 Å². The normalized spacial score (nSPS) is 10.4. The standard InChI is InChI=1S/C19H16BrN3O2S/c1-11-10-26-19(21-11)14-5-3-13(4-6-14)18(25)23-17-9-15(20)7-8-16(17)22-12(2)24/h3-10H,1-2H3,(H,22,24)(H,23,25). The maximum atomic E-state index is 12.6. The summed E-state index contributed by atoms with van der Waals surface area (Å²) in [5.41, 5.74) is 3.55. The molecule has 0 spiro atoms. The zero-order valence-corrected chi connectivity index (χ0v) is 16.6. The minimum absolute atomic E-state index is 0.203. The molecule has 3 rings (SSSR count). The van der Waals surface area contributed by atoms with Gasteiger partial charge in [0.15, 0.2) is 0 Å². The lowest BCUT2D eigenvalue weighted by atomic mass is 10.1. The number of aryl methyl sites for hydroxylation is 1. The van der Waals surface area contributed by atoms with Crippen molar-refractivity contribution in [1.82, 2.24) is 4.98 Å². The number of nitrogens with zero attached hydrogens (tertiary/aromatic N) is 1. The van der Waals surface area contributed by atoms with Crippen molar-refractivity contribution in [2.75, 3.05) is 10.6 Å². The predicted molar refractivity (Wildman–Crippen MR) is 109 cm³/mol. The summed E-state index contributed by atoms with van der Waals surface area (Å²) in [6.45, 7) is 3.37. The van der Waals surface area contributed by atoms with Crippen LogP contribution in [0.5, 0.6) is 0 Å². The van der Waals surface area contributed by atoms with Crippen LogP contribution in [0.4, 0.5) is 11.4 Å². The Bertz CT molecular complexity index is 967. The summed E-state index contributed by atoms with van der Waals surface area (Å²) in [7, 11) is 0. The maximum Gasteiger partial charge on any atom is 0.255 e. The van der Waals surface area contributed by atoms with E-state index in [2.05, 4.69) is 31.5 Å². The molecule has 2 N–H and O–H groups in total. The van der Waals surface area contributed by atoms with E-state index in [9.17, 15) is 9.59 Å². The van der Waals surface area contributed by atoms with Gasteiger partial charge in [0.05, 0.1) is 11.4 Å². The summed E-state index contributed by atoms with van der Waals surface area (Å²) in [6.07, 6.45) is 0. The average molecular weight is 430 g/mol. The van der Waals surface area contributed by atoms with E-state index in [1.165, 1.54) is 6.92 Å². The first-order chi connectivity index (χ1) is 12.4. The van der Waals surface area contributed by atoms with Crippen molar-refractivity contribution in [3.63, 3.8) is 0 Å². The van der Waals surface area contributed by atoms with E-state index in [1.807, 2.05) is 24.4 Å². The van der Waals surface area contributed by atoms with Crippen LogP contribution >= 0.6 is 27.3 Å². The number of amides is 2. The molecule has 0 aliphatic heterocycles. The smallest absolute Gasteiger partial charge is 0.255 e. The minimum atomic E-state index is -0.253. The van der Waals surface area contributed by atoms with Crippen molar-refractivity contribution in [2.24, 2.45) is 0 Å². The largest absolute Gasteiger partial charge is 0.325 e. The van der Waals surface area contributed by atoms with E-state index in [4.69, 9.17) is 0 Å². The SMILES string of the molecule is CC(=O)Nc1ccc(Br)cc1NC(=O)c1ccc(-c2nc(C)cs2)cc1. The molecular formula is C19H16BrN3O2S. The fourth-order valence-corrected chi connectivity index (χ4v) is 3.53. The van der Waals surface area contributed by atoms with Gasteiger partial charge in [0.1, 0.15) is 5.01 Å². The van der Waals surface area contributed by atoms with Gasteiger partial charge in [-0.05, 0) is 37.3 Å². The van der Waals surface area contributed by atoms with Gasteiger partial charge in [-0.15, -0.1) is 11.3 Å². The van der Waals surface area contributed by atoms with E-state index < -0.39 is 0 Å². The van der Waals surface area contributed by atoms with Crippen molar-refractivity contribution in [2.45, 2.75) is 13.8 Å². The molecule has 0 saturated heterocycles. The first-order valence-corrected chi connectivity index (χ1v) is 9.50. The van der Waals surface area contributed by atoms with E-state index in [-0.39, 0.29) is 11.8 Å². The third kappa shape index (κ3) is 4.36. The number of hydrogen-bond acceptors (Lipinski definition) is 4. The van der Waals surface area contributed by atoms with Gasteiger partial charge < -0.3 is 10.6 Å². The Labute approximate surface area is 163 Å². The van der Waals surface area contributed by atoms with Crippen LogP contribution in [0, 0.1) is 6.92 Å². The summed E-state index contributed by atoms with van der Waals surface area (Å²) in [5, 5.41) is 8.47. The van der Waals surface area contributed by atoms with Gasteiger partial charge in [-0.25, -0.2) is 4.98 Å². The molecule has 1 aromatic heterocycles. The van der Waals surface area contributed by atoms with Crippen LogP contribution in [-0.2, 0) is 4.79 Å². The van der Waals surface area contributed by atoms with Gasteiger partial charge >= 0.3 is 0 Å². The van der Waals surface area contributed by atoms with E-state index in [1.54, 1.807) is 41.7 Å². The first kappa shape index (κ1) is 18.3. The molecule has 0 atom stereocenters. The van der Waals surface area contributed by atoms with E-state index >= 15 is 0 Å². The molecule has 26 heavy (non-hydrogen) atoms. The average Bonchev–Trinajstić information content (AvgIpc) is 3.03. The third-order valence-electron chi connectivity index (χ3n) is 3.55. The van der Waals surface area contributed by atoms with Crippen LogP contribution in [0.3, 0.4) is 0 Å². The quantitative estimate of drug-likeness (QED) is 0.606. The Hall–Kier alpha value is -2.51. The Kier molecular flexibility index (Phi) is 5.49. The van der Waals surface area contributed by atoms with Gasteiger partial charge in [0.25, 0.3) is 5.91 Å². The molecular weight excluding hydrogens is 414 g/mol. The van der Waals surface area contributed by atoms with Gasteiger partial charge in [-0.3, -0.25) is 9.59 Å². The molecule has 2 aromatic carbocycles. The number of thiazole rings is 1. The second-order valence-corrected chi connectivity index (χ2v) is 7.47. The third-order valence-corrected chi connectivity index (χ3v) is 5.06. The van der Waals surface area contributed by atoms with Crippen molar-refractivity contribution < 1.29 is 9.59 Å². The Morgan fingerprint density at radius 3 is 2.38 bits per heavy atom. The van der Waals surface area contributed by atoms with Crippen LogP contribution in [0.15, 0.2) is 52.3 Å². The fourth-order valence-electron chi connectivity index (χ4n) is 2.36. The zero-order valence-electron chi connectivity index (χ0n) is 14.2. The molecule has 0 aliphatic rings. The Balaban J connectivity index is 1.80. The lowest BCUT2D eigenvalue weighted by molar-refractivity contribution is -0.114. The van der Waals surface area contributed by atoms with Gasteiger partial charge in [-0.2, -0.15) is 0 Å². The molecule has 0 aliphatic carbocycles. The predicted octanol–water partition coefficient (Wildman–Crippen LogP) is 5.09. The highest BCUT2D eigenvalue weighted by molar-refractivity contribution is 9.10. The van der Waals surface area contributed by atoms with Gasteiger partial charge in [0, 0.05) is 33.6 Å². The number of halogens is 1. The lowest BCUT2D eigenvalue weighted by Gasteiger charge is -2.12. The molecule has 0 fully saturated rings. The first-order valence-electron chi connectivity index (χ1n) is 7.83. The van der Waals surface area contributed by atoms with Crippen molar-refractivity contribution in [3.8, 4) is 10.6 Å². The number of nitrogens with one attached hydrogen (secondary N) is 2. The molecule has 2 amide bonds. The number of hydrogen-bond donors (Lipinski definition) is 2. The second kappa shape index (κ2) is 7.80. The monoisotopic (exact) mass is 429 g/mol. The van der Waals surface area contributed by atoms with Crippen LogP contribution in [0.1, 0.15) is 23.0 Å². The Morgan fingerprint density at radius 2 is 1.77 bits per heavy atom. The van der Waals surface area contributed by atoms with Gasteiger partial charge in [0.2, 0.25) is 5.91 Å². The molecule has 1 heterocycles. The van der Waals surface area contributed by atoms with Gasteiger partial charge in [-0.1, -0.05) is 28.1 Å². The fraction of sp³-hybridized carbons (Fsp3) is 0.105. The molecule has 0 saturated carbocycles. The molecule has 0 unspecified atom stereocenters. The molecule has 5 nitrogen and oxygen atoms in total. The van der Waals surface area contributed by atoms with Crippen LogP contribution in [-0.4, -0.2) is 16.8 Å². The summed E-state index contributed by atoms with van der Waals surface area (Å²) >= 11 is 4.95. The summed E-state index contributed by atoms with van der Waals surface area (Å²) < 4.78 is 0.802. The highest BCUT2D eigenvalue weighted by Gasteiger charge is 2.11. The number of carbonyl (C=O) groups is 2. The number of benzene rings is 2. The summed E-state index contributed by atoms with van der Waals surface area (Å²) in [4.78, 5) is 28.3. The molecule has 3 aromatic rings. The zero-order chi connectivity index (χ0) is 18.7. The van der Waals surface area contributed by atoms with Crippen molar-refractivity contribution in [1.29, 1.82) is 0 Å². The lowest BCUT2D eigenvalue weighted by Crippen LogP contribution is -2.15. The van der Waals surface area contributed by atoms with Crippen LogP contribution < -0.4 is 10.6 Å². The summed E-state index contributed by atoms with van der Waals surface area (Å²) in [6, 6.07) is 12.6. The summed E-state index contributed by atoms with van der Waals surface area (Å²) in [5.74, 6) is -0.456. The topological polar surface area (TPSA) is 71.1 Å².